The van der Waals surface area contributed by atoms with E-state index in [1.165, 1.54) is 0 Å². The number of fused-ring (bicyclic) bond motifs is 6. The van der Waals surface area contributed by atoms with Gasteiger partial charge >= 0.3 is 0 Å². The van der Waals surface area contributed by atoms with Crippen molar-refractivity contribution >= 4 is 43.9 Å². The monoisotopic (exact) mass is 350 g/mol. The average molecular weight is 350 g/mol. The zero-order chi connectivity index (χ0) is 18.0. The summed E-state index contributed by atoms with van der Waals surface area (Å²) in [5, 5.41) is 14.5. The largest absolute Gasteiger partial charge is 0.507 e. The van der Waals surface area contributed by atoms with Gasteiger partial charge in [-0.05, 0) is 47.5 Å². The Morgan fingerprint density at radius 2 is 1.19 bits per heavy atom. The first kappa shape index (κ1) is 14.4. The smallest absolute Gasteiger partial charge is 0.139 e. The van der Waals surface area contributed by atoms with Crippen LogP contribution >= 0.6 is 0 Å². The zero-order valence-electron chi connectivity index (χ0n) is 14.3. The quantitative estimate of drug-likeness (QED) is 0.352. The Hall–Kier alpha value is -3.72. The van der Waals surface area contributed by atoms with Gasteiger partial charge in [0.1, 0.15) is 28.1 Å². The minimum absolute atomic E-state index is 0.226. The van der Waals surface area contributed by atoms with Crippen molar-refractivity contribution in [2.24, 2.45) is 0 Å². The molecule has 4 aromatic carbocycles. The molecule has 0 fully saturated rings. The van der Waals surface area contributed by atoms with Gasteiger partial charge in [-0.25, -0.2) is 0 Å². The standard InChI is InChI=1S/C24H14O3/c25-19-12-15(13-23-24(19)17-6-2-4-8-21(17)27-23)14-9-10-22-18(11-14)16-5-1-3-7-20(16)26-22/h1-13,25H. The van der Waals surface area contributed by atoms with Crippen LogP contribution in [0.4, 0.5) is 0 Å². The predicted molar refractivity (Wildman–Crippen MR) is 108 cm³/mol. The van der Waals surface area contributed by atoms with E-state index in [9.17, 15) is 5.11 Å². The number of hydrogen-bond acceptors (Lipinski definition) is 3. The van der Waals surface area contributed by atoms with E-state index in [4.69, 9.17) is 8.83 Å². The Labute approximate surface area is 154 Å². The molecule has 0 saturated heterocycles. The fourth-order valence-corrected chi connectivity index (χ4v) is 3.90. The Morgan fingerprint density at radius 1 is 0.519 bits per heavy atom. The van der Waals surface area contributed by atoms with E-state index in [0.29, 0.717) is 5.58 Å². The van der Waals surface area contributed by atoms with Gasteiger partial charge in [-0.1, -0.05) is 42.5 Å². The molecule has 0 aliphatic rings. The number of aromatic hydroxyl groups is 1. The van der Waals surface area contributed by atoms with Crippen LogP contribution in [0.2, 0.25) is 0 Å². The number of para-hydroxylation sites is 2. The van der Waals surface area contributed by atoms with Gasteiger partial charge < -0.3 is 13.9 Å². The van der Waals surface area contributed by atoms with Gasteiger partial charge in [0.05, 0.1) is 5.39 Å². The van der Waals surface area contributed by atoms with Crippen molar-refractivity contribution < 1.29 is 13.9 Å². The van der Waals surface area contributed by atoms with Crippen molar-refractivity contribution in [3.8, 4) is 16.9 Å². The lowest BCUT2D eigenvalue weighted by Crippen LogP contribution is -1.79. The minimum Gasteiger partial charge on any atom is -0.507 e. The lowest BCUT2D eigenvalue weighted by atomic mass is 10.0. The molecule has 128 valence electrons. The molecular weight excluding hydrogens is 336 g/mol. The van der Waals surface area contributed by atoms with Crippen molar-refractivity contribution in [2.45, 2.75) is 0 Å². The molecule has 6 rings (SSSR count). The van der Waals surface area contributed by atoms with E-state index in [2.05, 4.69) is 12.1 Å². The second kappa shape index (κ2) is 5.15. The van der Waals surface area contributed by atoms with Gasteiger partial charge in [0.25, 0.3) is 0 Å². The lowest BCUT2D eigenvalue weighted by Gasteiger charge is -2.04. The van der Waals surface area contributed by atoms with E-state index in [1.807, 2.05) is 60.7 Å². The summed E-state index contributed by atoms with van der Waals surface area (Å²) in [5.74, 6) is 0.226. The Bertz CT molecular complexity index is 1480. The molecule has 2 aromatic heterocycles. The van der Waals surface area contributed by atoms with Gasteiger partial charge in [-0.2, -0.15) is 0 Å². The second-order valence-electron chi connectivity index (χ2n) is 6.78. The van der Waals surface area contributed by atoms with Crippen LogP contribution in [0.25, 0.3) is 55.0 Å². The molecule has 0 atom stereocenters. The first-order valence-electron chi connectivity index (χ1n) is 8.84. The van der Waals surface area contributed by atoms with E-state index in [0.717, 1.165) is 49.4 Å². The van der Waals surface area contributed by atoms with Crippen LogP contribution in [0, 0.1) is 0 Å². The molecule has 6 aromatic rings. The van der Waals surface area contributed by atoms with Crippen LogP contribution in [0.5, 0.6) is 5.75 Å². The SMILES string of the molecule is Oc1cc(-c2ccc3oc4ccccc4c3c2)cc2oc3ccccc3c12. The molecule has 3 heteroatoms. The summed E-state index contributed by atoms with van der Waals surface area (Å²) >= 11 is 0. The number of benzene rings is 4. The molecule has 0 spiro atoms. The minimum atomic E-state index is 0.226. The lowest BCUT2D eigenvalue weighted by molar-refractivity contribution is 0.482. The normalized spacial score (nSPS) is 11.9. The molecule has 2 heterocycles. The molecule has 1 N–H and O–H groups in total. The van der Waals surface area contributed by atoms with Crippen LogP contribution in [0.1, 0.15) is 0 Å². The van der Waals surface area contributed by atoms with Crippen LogP contribution in [0.15, 0.2) is 87.7 Å². The summed E-state index contributed by atoms with van der Waals surface area (Å²) in [6, 6.07) is 25.6. The fourth-order valence-electron chi connectivity index (χ4n) is 3.90. The number of hydrogen-bond donors (Lipinski definition) is 1. The highest BCUT2D eigenvalue weighted by Gasteiger charge is 2.14. The topological polar surface area (TPSA) is 46.5 Å². The van der Waals surface area contributed by atoms with Gasteiger partial charge in [0.2, 0.25) is 0 Å². The molecule has 0 bridgehead atoms. The Balaban J connectivity index is 1.62. The Morgan fingerprint density at radius 3 is 2.04 bits per heavy atom. The van der Waals surface area contributed by atoms with Crippen molar-refractivity contribution in [1.82, 2.24) is 0 Å². The molecule has 0 saturated carbocycles. The van der Waals surface area contributed by atoms with Gasteiger partial charge in [0, 0.05) is 16.2 Å². The first-order chi connectivity index (χ1) is 13.3. The summed E-state index contributed by atoms with van der Waals surface area (Å²) in [6.07, 6.45) is 0. The maximum atomic E-state index is 10.7. The van der Waals surface area contributed by atoms with Crippen LogP contribution < -0.4 is 0 Å². The highest BCUT2D eigenvalue weighted by atomic mass is 16.3. The molecule has 3 nitrogen and oxygen atoms in total. The molecule has 0 unspecified atom stereocenters. The van der Waals surface area contributed by atoms with E-state index >= 15 is 0 Å². The van der Waals surface area contributed by atoms with Crippen LogP contribution in [-0.4, -0.2) is 5.11 Å². The van der Waals surface area contributed by atoms with Crippen molar-refractivity contribution in [2.75, 3.05) is 0 Å². The zero-order valence-corrected chi connectivity index (χ0v) is 14.3. The van der Waals surface area contributed by atoms with Crippen molar-refractivity contribution in [3.63, 3.8) is 0 Å². The highest BCUT2D eigenvalue weighted by Crippen LogP contribution is 2.39. The molecule has 0 aliphatic heterocycles. The number of phenols is 1. The maximum absolute atomic E-state index is 10.7. The van der Waals surface area contributed by atoms with Gasteiger partial charge in [0.15, 0.2) is 0 Å². The molecule has 0 aliphatic carbocycles. The van der Waals surface area contributed by atoms with Crippen molar-refractivity contribution in [3.05, 3.63) is 78.9 Å². The average Bonchev–Trinajstić information content (AvgIpc) is 3.25. The number of furan rings is 2. The molecular formula is C24H14O3. The summed E-state index contributed by atoms with van der Waals surface area (Å²) in [7, 11) is 0. The van der Waals surface area contributed by atoms with Gasteiger partial charge in [-0.15, -0.1) is 0 Å². The van der Waals surface area contributed by atoms with E-state index in [-0.39, 0.29) is 5.75 Å². The summed E-state index contributed by atoms with van der Waals surface area (Å²) < 4.78 is 11.9. The Kier molecular flexibility index (Phi) is 2.75. The van der Waals surface area contributed by atoms with Crippen LogP contribution in [-0.2, 0) is 0 Å². The summed E-state index contributed by atoms with van der Waals surface area (Å²) in [4.78, 5) is 0. The molecule has 0 radical (unpaired) electrons. The third kappa shape index (κ3) is 2.02. The maximum Gasteiger partial charge on any atom is 0.139 e. The van der Waals surface area contributed by atoms with E-state index < -0.39 is 0 Å². The third-order valence-electron chi connectivity index (χ3n) is 5.17. The van der Waals surface area contributed by atoms with E-state index in [1.54, 1.807) is 6.07 Å². The number of phenolic OH excluding ortho intramolecular Hbond substituents is 1. The third-order valence-corrected chi connectivity index (χ3v) is 5.17. The summed E-state index contributed by atoms with van der Waals surface area (Å²) in [5.41, 5.74) is 5.10. The summed E-state index contributed by atoms with van der Waals surface area (Å²) in [6.45, 7) is 0. The fraction of sp³-hybridized carbons (Fsp3) is 0. The second-order valence-corrected chi connectivity index (χ2v) is 6.78. The van der Waals surface area contributed by atoms with Crippen LogP contribution in [0.3, 0.4) is 0 Å². The number of rotatable bonds is 1. The predicted octanol–water partition coefficient (Wildman–Crippen LogP) is 6.86. The highest BCUT2D eigenvalue weighted by molar-refractivity contribution is 6.10. The van der Waals surface area contributed by atoms with Gasteiger partial charge in [-0.3, -0.25) is 0 Å². The molecule has 0 amide bonds. The van der Waals surface area contributed by atoms with Crippen molar-refractivity contribution in [1.29, 1.82) is 0 Å². The molecule has 27 heavy (non-hydrogen) atoms. The first-order valence-corrected chi connectivity index (χ1v) is 8.84.